The van der Waals surface area contributed by atoms with Crippen LogP contribution in [0.25, 0.3) is 16.7 Å². The first-order valence-electron chi connectivity index (χ1n) is 8.65. The number of hydrogen-bond acceptors (Lipinski definition) is 5. The van der Waals surface area contributed by atoms with Crippen molar-refractivity contribution in [2.24, 2.45) is 0 Å². The number of aromatic nitrogens is 4. The number of rotatable bonds is 5. The summed E-state index contributed by atoms with van der Waals surface area (Å²) in [6, 6.07) is 12.8. The van der Waals surface area contributed by atoms with Crippen LogP contribution in [0, 0.1) is 6.92 Å². The highest BCUT2D eigenvalue weighted by molar-refractivity contribution is 8.00. The van der Waals surface area contributed by atoms with Crippen molar-refractivity contribution in [1.82, 2.24) is 19.7 Å². The molecule has 0 fully saturated rings. The second kappa shape index (κ2) is 8.41. The second-order valence-corrected chi connectivity index (χ2v) is 8.06. The molecule has 0 aliphatic rings. The topological polar surface area (TPSA) is 72.7 Å². The normalized spacial score (nSPS) is 11.0. The van der Waals surface area contributed by atoms with Crippen molar-refractivity contribution in [3.05, 3.63) is 70.6 Å². The number of carbonyl (C=O) groups excluding carboxylic acids is 1. The van der Waals surface area contributed by atoms with Crippen LogP contribution >= 0.6 is 35.0 Å². The van der Waals surface area contributed by atoms with Gasteiger partial charge in [-0.05, 0) is 42.8 Å². The smallest absolute Gasteiger partial charge is 0.234 e. The number of carbonyl (C=O) groups is 1. The number of thioether (sulfide) groups is 1. The standard InChI is InChI=1S/C20H15Cl2N5OS/c1-12-5-6-14(8-17(12)22)26-18(28)10-29-20-16-9-25-27(19(16)23-11-24-20)15-4-2-3-13(21)7-15/h2-9,11H,10H2,1H3,(H,26,28). The number of nitrogens with zero attached hydrogens (tertiary/aromatic N) is 4. The number of aryl methyl sites for hydroxylation is 1. The van der Waals surface area contributed by atoms with Crippen molar-refractivity contribution in [2.75, 3.05) is 11.1 Å². The molecule has 0 bridgehead atoms. The molecule has 4 aromatic rings. The van der Waals surface area contributed by atoms with Crippen molar-refractivity contribution in [2.45, 2.75) is 11.9 Å². The molecular formula is C20H15Cl2N5OS. The number of hydrogen-bond donors (Lipinski definition) is 1. The molecule has 0 saturated carbocycles. The minimum atomic E-state index is -0.149. The van der Waals surface area contributed by atoms with Crippen molar-refractivity contribution < 1.29 is 4.79 Å². The molecular weight excluding hydrogens is 429 g/mol. The molecule has 0 radical (unpaired) electrons. The SMILES string of the molecule is Cc1ccc(NC(=O)CSc2ncnc3c2cnn3-c2cccc(Cl)c2)cc1Cl. The summed E-state index contributed by atoms with van der Waals surface area (Å²) < 4.78 is 1.70. The molecule has 6 nitrogen and oxygen atoms in total. The monoisotopic (exact) mass is 443 g/mol. The zero-order valence-electron chi connectivity index (χ0n) is 15.3. The van der Waals surface area contributed by atoms with Crippen molar-refractivity contribution >= 4 is 57.6 Å². The predicted octanol–water partition coefficient (Wildman–Crippen LogP) is 5.16. The van der Waals surface area contributed by atoms with Gasteiger partial charge < -0.3 is 5.32 Å². The minimum Gasteiger partial charge on any atom is -0.325 e. The number of anilines is 1. The molecule has 9 heteroatoms. The average Bonchev–Trinajstić information content (AvgIpc) is 3.14. The van der Waals surface area contributed by atoms with Crippen molar-refractivity contribution in [3.63, 3.8) is 0 Å². The van der Waals surface area contributed by atoms with E-state index in [0.717, 1.165) is 16.6 Å². The average molecular weight is 444 g/mol. The van der Waals surface area contributed by atoms with Gasteiger partial charge in [0.1, 0.15) is 11.4 Å². The first kappa shape index (κ1) is 19.7. The largest absolute Gasteiger partial charge is 0.325 e. The quantitative estimate of drug-likeness (QED) is 0.340. The molecule has 2 aromatic heterocycles. The van der Waals surface area contributed by atoms with Gasteiger partial charge >= 0.3 is 0 Å². The first-order chi connectivity index (χ1) is 14.0. The first-order valence-corrected chi connectivity index (χ1v) is 10.4. The van der Waals surface area contributed by atoms with E-state index >= 15 is 0 Å². The predicted molar refractivity (Wildman–Crippen MR) is 117 cm³/mol. The third kappa shape index (κ3) is 4.37. The molecule has 0 unspecified atom stereocenters. The number of amides is 1. The Morgan fingerprint density at radius 1 is 1.17 bits per heavy atom. The van der Waals surface area contributed by atoms with E-state index in [4.69, 9.17) is 23.2 Å². The lowest BCUT2D eigenvalue weighted by atomic mass is 10.2. The van der Waals surface area contributed by atoms with Crippen LogP contribution in [-0.4, -0.2) is 31.4 Å². The van der Waals surface area contributed by atoms with E-state index in [-0.39, 0.29) is 11.7 Å². The van der Waals surface area contributed by atoms with Crippen LogP contribution in [0.5, 0.6) is 0 Å². The van der Waals surface area contributed by atoms with E-state index in [9.17, 15) is 4.79 Å². The Balaban J connectivity index is 1.51. The van der Waals surface area contributed by atoms with Gasteiger partial charge in [-0.1, -0.05) is 47.1 Å². The van der Waals surface area contributed by atoms with E-state index in [2.05, 4.69) is 20.4 Å². The maximum absolute atomic E-state index is 12.3. The van der Waals surface area contributed by atoms with Gasteiger partial charge in [-0.2, -0.15) is 5.10 Å². The Labute approximate surface area is 181 Å². The minimum absolute atomic E-state index is 0.149. The van der Waals surface area contributed by atoms with Gasteiger partial charge in [-0.15, -0.1) is 0 Å². The van der Waals surface area contributed by atoms with E-state index in [1.807, 2.05) is 37.3 Å². The molecule has 0 spiro atoms. The Hall–Kier alpha value is -2.61. The third-order valence-corrected chi connectivity index (χ3v) is 5.83. The number of halogens is 2. The summed E-state index contributed by atoms with van der Waals surface area (Å²) in [6.45, 7) is 1.91. The maximum Gasteiger partial charge on any atom is 0.234 e. The molecule has 0 saturated heterocycles. The second-order valence-electron chi connectivity index (χ2n) is 6.25. The molecule has 4 rings (SSSR count). The van der Waals surface area contributed by atoms with Crippen LogP contribution in [0.4, 0.5) is 5.69 Å². The van der Waals surface area contributed by atoms with Gasteiger partial charge in [0.25, 0.3) is 0 Å². The highest BCUT2D eigenvalue weighted by atomic mass is 35.5. The summed E-state index contributed by atoms with van der Waals surface area (Å²) in [7, 11) is 0. The summed E-state index contributed by atoms with van der Waals surface area (Å²) in [6.07, 6.45) is 3.15. The Bertz CT molecular complexity index is 1210. The summed E-state index contributed by atoms with van der Waals surface area (Å²) in [5, 5.41) is 9.92. The van der Waals surface area contributed by atoms with Crippen LogP contribution in [0.3, 0.4) is 0 Å². The zero-order valence-corrected chi connectivity index (χ0v) is 17.6. The van der Waals surface area contributed by atoms with Crippen LogP contribution < -0.4 is 5.32 Å². The summed E-state index contributed by atoms with van der Waals surface area (Å²) >= 11 is 13.5. The lowest BCUT2D eigenvalue weighted by Gasteiger charge is -2.07. The van der Waals surface area contributed by atoms with Crippen LogP contribution in [0.1, 0.15) is 5.56 Å². The van der Waals surface area contributed by atoms with Gasteiger partial charge in [-0.3, -0.25) is 4.79 Å². The molecule has 146 valence electrons. The fourth-order valence-corrected chi connectivity index (χ4v) is 3.86. The Kier molecular flexibility index (Phi) is 5.71. The molecule has 29 heavy (non-hydrogen) atoms. The maximum atomic E-state index is 12.3. The number of benzene rings is 2. The lowest BCUT2D eigenvalue weighted by Crippen LogP contribution is -2.14. The summed E-state index contributed by atoms with van der Waals surface area (Å²) in [5.41, 5.74) is 3.07. The third-order valence-electron chi connectivity index (χ3n) is 4.18. The van der Waals surface area contributed by atoms with Crippen molar-refractivity contribution in [3.8, 4) is 5.69 Å². The van der Waals surface area contributed by atoms with Crippen LogP contribution in [0.15, 0.2) is 60.0 Å². The number of nitrogens with one attached hydrogen (secondary N) is 1. The fourth-order valence-electron chi connectivity index (χ4n) is 2.74. The summed E-state index contributed by atoms with van der Waals surface area (Å²) in [4.78, 5) is 21.0. The molecule has 2 aromatic carbocycles. The zero-order chi connectivity index (χ0) is 20.4. The highest BCUT2D eigenvalue weighted by Gasteiger charge is 2.13. The number of fused-ring (bicyclic) bond motifs is 1. The van der Waals surface area contributed by atoms with E-state index in [1.165, 1.54) is 18.1 Å². The Morgan fingerprint density at radius 2 is 2.03 bits per heavy atom. The van der Waals surface area contributed by atoms with Gasteiger partial charge in [-0.25, -0.2) is 14.6 Å². The van der Waals surface area contributed by atoms with E-state index < -0.39 is 0 Å². The van der Waals surface area contributed by atoms with E-state index in [0.29, 0.717) is 26.4 Å². The van der Waals surface area contributed by atoms with Gasteiger partial charge in [0.2, 0.25) is 5.91 Å². The summed E-state index contributed by atoms with van der Waals surface area (Å²) in [5.74, 6) is 0.0452. The van der Waals surface area contributed by atoms with Gasteiger partial charge in [0.05, 0.1) is 23.0 Å². The fraction of sp³-hybridized carbons (Fsp3) is 0.100. The van der Waals surface area contributed by atoms with Crippen LogP contribution in [0.2, 0.25) is 10.0 Å². The lowest BCUT2D eigenvalue weighted by molar-refractivity contribution is -0.113. The highest BCUT2D eigenvalue weighted by Crippen LogP contribution is 2.27. The molecule has 0 aliphatic heterocycles. The van der Waals surface area contributed by atoms with Gasteiger partial charge in [0.15, 0.2) is 5.65 Å². The van der Waals surface area contributed by atoms with Gasteiger partial charge in [0, 0.05) is 15.7 Å². The molecule has 0 aliphatic carbocycles. The molecule has 1 N–H and O–H groups in total. The Morgan fingerprint density at radius 3 is 2.83 bits per heavy atom. The molecule has 2 heterocycles. The van der Waals surface area contributed by atoms with E-state index in [1.54, 1.807) is 23.0 Å². The molecule has 0 atom stereocenters. The molecule has 1 amide bonds. The van der Waals surface area contributed by atoms with Crippen LogP contribution in [-0.2, 0) is 4.79 Å². The van der Waals surface area contributed by atoms with Crippen molar-refractivity contribution in [1.29, 1.82) is 0 Å².